The number of hydrogen-bond donors (Lipinski definition) is 6. The van der Waals surface area contributed by atoms with Gasteiger partial charge in [0.15, 0.2) is 29.4 Å². The number of anilines is 5. The van der Waals surface area contributed by atoms with E-state index >= 15 is 8.78 Å². The van der Waals surface area contributed by atoms with Crippen molar-refractivity contribution in [1.29, 1.82) is 0 Å². The highest BCUT2D eigenvalue weighted by atomic mass is 19.4. The van der Waals surface area contributed by atoms with E-state index in [4.69, 9.17) is 19.2 Å². The molecule has 4 fully saturated rings. The number of likely N-dealkylation sites (N-methyl/N-ethyl adjacent to an activating group) is 1. The van der Waals surface area contributed by atoms with E-state index in [1.165, 1.54) is 23.0 Å². The molecular weight excluding hydrogens is 920 g/mol. The Labute approximate surface area is 389 Å². The molecule has 10 rings (SSSR count). The van der Waals surface area contributed by atoms with Crippen LogP contribution in [0.15, 0.2) is 42.9 Å². The molecule has 6 N–H and O–H groups in total. The first kappa shape index (κ1) is 45.7. The van der Waals surface area contributed by atoms with Gasteiger partial charge in [0, 0.05) is 86.0 Å². The van der Waals surface area contributed by atoms with E-state index in [1.807, 2.05) is 20.0 Å². The lowest BCUT2D eigenvalue weighted by Gasteiger charge is -2.33. The topological polar surface area (TPSA) is 234 Å². The SMILES string of the molecule is CC(C)NC(=O)O[C@H]1CC[C@@H](c2cc(Nc3ncc(-[n+]4[nH]c([C@@H]5OC[C@H](OC(=O)NC6(C)CC6)[C@H]5F)cc4Nc4nc(N5CCN(C)CC5)cc5nccn45)n4nc(OC(F)(F)F)cc34)n[nH]2)[C@H]1F. The fourth-order valence-electron chi connectivity index (χ4n) is 8.68. The van der Waals surface area contributed by atoms with Gasteiger partial charge in [-0.25, -0.2) is 38.8 Å². The Balaban J connectivity index is 0.998. The number of halogens is 5. The Morgan fingerprint density at radius 3 is 2.51 bits per heavy atom. The number of hydrogen-bond acceptors (Lipinski definition) is 15. The standard InChI is InChI=1S/C42H49F5N16O6/c1-21(2)50-39(64)67-26-6-5-22(34(26)43)23-15-28(56-55-23)51-37-25-17-32(69-42(45,46)47)58-62(25)33(19-49-37)63-31(16-24(57-63)36-35(44)27(20-66-36)68-40(65)54-41(3)7-8-41)53-38-52-30(18-29-48-9-10-61(29)38)60-13-11-59(4)12-14-60/h9-10,15-19,21-22,26-27,34-36H,5-8,11-14,20H2,1-4H3,(H5,48,49,50,51,52,53,54,55,56,57,58,64,65)/p+1/t22-,26-,27-,34+,35+,36-/m0/s1. The zero-order valence-electron chi connectivity index (χ0n) is 37.8. The smallest absolute Gasteiger partial charge is 0.443 e. The van der Waals surface area contributed by atoms with Crippen LogP contribution in [0.5, 0.6) is 5.88 Å². The number of aromatic nitrogens is 10. The van der Waals surface area contributed by atoms with Gasteiger partial charge < -0.3 is 44.7 Å². The van der Waals surface area contributed by atoms with Crippen molar-refractivity contribution in [3.63, 3.8) is 0 Å². The molecule has 0 unspecified atom stereocenters. The number of rotatable bonds is 13. The van der Waals surface area contributed by atoms with Gasteiger partial charge in [0.25, 0.3) is 23.5 Å². The molecular formula is C42H50F5N16O6+. The number of alkyl carbamates (subject to hydrolysis) is 2. The van der Waals surface area contributed by atoms with Crippen molar-refractivity contribution in [2.45, 2.75) is 101 Å². The second kappa shape index (κ2) is 17.8. The predicted octanol–water partition coefficient (Wildman–Crippen LogP) is 5.01. The summed E-state index contributed by atoms with van der Waals surface area (Å²) in [5.41, 5.74) is 0.652. The van der Waals surface area contributed by atoms with Gasteiger partial charge >= 0.3 is 18.5 Å². The van der Waals surface area contributed by atoms with Crippen LogP contribution in [-0.4, -0.2) is 144 Å². The first-order chi connectivity index (χ1) is 33.0. The number of fused-ring (bicyclic) bond motifs is 2. The van der Waals surface area contributed by atoms with Gasteiger partial charge in [0.05, 0.1) is 12.3 Å². The Morgan fingerprint density at radius 2 is 1.75 bits per heavy atom. The maximum atomic E-state index is 16.4. The number of H-pyrrole nitrogens is 2. The third-order valence-electron chi connectivity index (χ3n) is 12.6. The molecule has 4 aliphatic rings. The van der Waals surface area contributed by atoms with E-state index in [0.29, 0.717) is 36.7 Å². The summed E-state index contributed by atoms with van der Waals surface area (Å²) in [6, 6.07) is 5.73. The van der Waals surface area contributed by atoms with Crippen LogP contribution in [-0.2, 0) is 14.2 Å². The summed E-state index contributed by atoms with van der Waals surface area (Å²) in [6.45, 7) is 8.10. The molecule has 0 aromatic carbocycles. The van der Waals surface area contributed by atoms with Crippen molar-refractivity contribution in [2.24, 2.45) is 0 Å². The minimum Gasteiger partial charge on any atom is -0.443 e. The number of piperazine rings is 1. The number of carbonyl (C=O) groups is 2. The highest BCUT2D eigenvalue weighted by molar-refractivity contribution is 5.74. The van der Waals surface area contributed by atoms with Crippen molar-refractivity contribution in [3.8, 4) is 11.7 Å². The molecule has 22 nitrogen and oxygen atoms in total. The summed E-state index contributed by atoms with van der Waals surface area (Å²) in [4.78, 5) is 43.3. The molecule has 6 aromatic rings. The molecule has 2 saturated carbocycles. The van der Waals surface area contributed by atoms with Crippen LogP contribution in [0.2, 0.25) is 0 Å². The molecule has 2 saturated heterocycles. The molecule has 69 heavy (non-hydrogen) atoms. The highest BCUT2D eigenvalue weighted by Crippen LogP contribution is 2.40. The third kappa shape index (κ3) is 9.68. The van der Waals surface area contributed by atoms with Crippen molar-refractivity contribution in [1.82, 2.24) is 59.8 Å². The number of nitrogens with zero attached hydrogens (tertiary/aromatic N) is 10. The summed E-state index contributed by atoms with van der Waals surface area (Å²) in [5.74, 6) is -0.347. The Hall–Kier alpha value is -7.03. The summed E-state index contributed by atoms with van der Waals surface area (Å²) in [5, 5.41) is 26.0. The van der Waals surface area contributed by atoms with Crippen LogP contribution in [0.1, 0.15) is 69.9 Å². The summed E-state index contributed by atoms with van der Waals surface area (Å²) in [6.07, 6.45) is -6.84. The number of nitrogens with one attached hydrogen (secondary N) is 6. The lowest BCUT2D eigenvalue weighted by Crippen LogP contribution is -2.45. The number of imidazole rings is 1. The van der Waals surface area contributed by atoms with Crippen LogP contribution < -0.4 is 35.6 Å². The monoisotopic (exact) mass is 969 g/mol. The lowest BCUT2D eigenvalue weighted by atomic mass is 10.0. The molecule has 368 valence electrons. The average Bonchev–Trinajstić information content (AvgIpc) is 4.01. The normalized spacial score (nSPS) is 23.7. The van der Waals surface area contributed by atoms with Crippen LogP contribution in [0, 0.1) is 0 Å². The predicted molar refractivity (Wildman–Crippen MR) is 233 cm³/mol. The average molecular weight is 970 g/mol. The number of ether oxygens (including phenoxy) is 4. The number of amides is 2. The van der Waals surface area contributed by atoms with E-state index in [9.17, 15) is 22.8 Å². The van der Waals surface area contributed by atoms with Crippen molar-refractivity contribution in [2.75, 3.05) is 55.4 Å². The third-order valence-corrected chi connectivity index (χ3v) is 12.6. The molecule has 27 heteroatoms. The number of carbonyl (C=O) groups excluding carboxylic acids is 2. The van der Waals surface area contributed by atoms with E-state index in [0.717, 1.165) is 36.5 Å². The maximum Gasteiger partial charge on any atom is 0.574 e. The van der Waals surface area contributed by atoms with Gasteiger partial charge in [-0.3, -0.25) is 9.50 Å². The minimum atomic E-state index is -5.13. The van der Waals surface area contributed by atoms with Gasteiger partial charge in [-0.15, -0.1) is 22.4 Å². The summed E-state index contributed by atoms with van der Waals surface area (Å²) in [7, 11) is 2.04. The van der Waals surface area contributed by atoms with E-state index in [2.05, 4.69) is 66.2 Å². The van der Waals surface area contributed by atoms with Gasteiger partial charge in [0.2, 0.25) is 0 Å². The van der Waals surface area contributed by atoms with Crippen LogP contribution in [0.3, 0.4) is 0 Å². The Kier molecular flexibility index (Phi) is 11.8. The summed E-state index contributed by atoms with van der Waals surface area (Å²) < 4.78 is 98.5. The molecule has 2 amide bonds. The zero-order chi connectivity index (χ0) is 48.4. The second-order valence-corrected chi connectivity index (χ2v) is 18.3. The number of aromatic amines is 2. The number of alkyl halides is 5. The first-order valence-corrected chi connectivity index (χ1v) is 22.5. The van der Waals surface area contributed by atoms with E-state index in [1.54, 1.807) is 30.6 Å². The minimum absolute atomic E-state index is 0.00169. The molecule has 8 heterocycles. The lowest BCUT2D eigenvalue weighted by molar-refractivity contribution is -0.646. The van der Waals surface area contributed by atoms with Gasteiger partial charge in [-0.2, -0.15) is 10.1 Å². The fraction of sp³-hybridized carbons (Fsp3) is 0.524. The largest absolute Gasteiger partial charge is 0.574 e. The zero-order valence-corrected chi connectivity index (χ0v) is 37.8. The fourth-order valence-corrected chi connectivity index (χ4v) is 8.68. The first-order valence-electron chi connectivity index (χ1n) is 22.5. The molecule has 6 aromatic heterocycles. The summed E-state index contributed by atoms with van der Waals surface area (Å²) >= 11 is 0. The van der Waals surface area contributed by atoms with Crippen molar-refractivity contribution >= 4 is 52.6 Å². The van der Waals surface area contributed by atoms with Crippen LogP contribution in [0.25, 0.3) is 17.0 Å². The molecule has 2 aliphatic carbocycles. The second-order valence-electron chi connectivity index (χ2n) is 18.3. The van der Waals surface area contributed by atoms with Crippen LogP contribution in [0.4, 0.5) is 60.8 Å². The van der Waals surface area contributed by atoms with Gasteiger partial charge in [-0.1, -0.05) is 5.10 Å². The van der Waals surface area contributed by atoms with Crippen molar-refractivity contribution in [3.05, 3.63) is 54.2 Å². The van der Waals surface area contributed by atoms with E-state index < -0.39 is 66.5 Å². The molecule has 6 atom stereocenters. The van der Waals surface area contributed by atoms with Crippen molar-refractivity contribution < 1.29 is 55.2 Å². The van der Waals surface area contributed by atoms with E-state index in [-0.39, 0.29) is 59.5 Å². The maximum absolute atomic E-state index is 16.4. The van der Waals surface area contributed by atoms with Gasteiger partial charge in [0.1, 0.15) is 36.0 Å². The molecule has 0 bridgehead atoms. The molecule has 0 radical (unpaired) electrons. The molecule has 0 spiro atoms. The Bertz CT molecular complexity index is 2860. The molecule has 2 aliphatic heterocycles. The highest BCUT2D eigenvalue weighted by Gasteiger charge is 2.46. The Morgan fingerprint density at radius 1 is 0.971 bits per heavy atom. The van der Waals surface area contributed by atoms with Crippen LogP contribution >= 0.6 is 0 Å². The quantitative estimate of drug-likeness (QED) is 0.0660. The van der Waals surface area contributed by atoms with Gasteiger partial charge in [-0.05, 0) is 53.5 Å².